The quantitative estimate of drug-likeness (QED) is 0.447. The summed E-state index contributed by atoms with van der Waals surface area (Å²) in [5.74, 6) is -0.125. The minimum absolute atomic E-state index is 0.0753. The van der Waals surface area contributed by atoms with Crippen LogP contribution in [0.4, 0.5) is 0 Å². The second kappa shape index (κ2) is 11.9. The van der Waals surface area contributed by atoms with Crippen molar-refractivity contribution in [1.29, 1.82) is 0 Å². The molecule has 0 saturated carbocycles. The molecule has 0 aromatic carbocycles. The summed E-state index contributed by atoms with van der Waals surface area (Å²) in [6.45, 7) is 4.11. The molecule has 3 nitrogen and oxygen atoms in total. The van der Waals surface area contributed by atoms with E-state index in [0.29, 0.717) is 12.8 Å². The fraction of sp³-hybridized carbons (Fsp3) is 0.929. The van der Waals surface area contributed by atoms with Gasteiger partial charge in [0, 0.05) is 19.4 Å². The molecule has 0 amide bonds. The summed E-state index contributed by atoms with van der Waals surface area (Å²) >= 11 is 0. The molecule has 0 aliphatic carbocycles. The molecule has 1 N–H and O–H groups in total. The molecule has 0 heterocycles. The Bertz CT molecular complexity index is 180. The first-order chi connectivity index (χ1) is 8.20. The van der Waals surface area contributed by atoms with Gasteiger partial charge in [-0.15, -0.1) is 0 Å². The van der Waals surface area contributed by atoms with Crippen LogP contribution < -0.4 is 0 Å². The number of aliphatic hydroxyl groups is 1. The molecule has 3 heteroatoms. The van der Waals surface area contributed by atoms with Gasteiger partial charge in [-0.1, -0.05) is 45.4 Å². The van der Waals surface area contributed by atoms with Crippen molar-refractivity contribution in [3.05, 3.63) is 0 Å². The second-order valence-electron chi connectivity index (χ2n) is 4.68. The Kier molecular flexibility index (Phi) is 11.5. The molecule has 17 heavy (non-hydrogen) atoms. The Hall–Kier alpha value is -0.570. The Morgan fingerprint density at radius 1 is 1.12 bits per heavy atom. The number of aliphatic hydroxyl groups excluding tert-OH is 1. The maximum atomic E-state index is 11.4. The zero-order valence-corrected chi connectivity index (χ0v) is 11.4. The molecular formula is C14H28O3. The zero-order chi connectivity index (χ0) is 12.9. The fourth-order valence-electron chi connectivity index (χ4n) is 1.75. The van der Waals surface area contributed by atoms with Crippen LogP contribution in [-0.2, 0) is 9.53 Å². The lowest BCUT2D eigenvalue weighted by Crippen LogP contribution is -2.15. The molecule has 0 rings (SSSR count). The van der Waals surface area contributed by atoms with Crippen molar-refractivity contribution >= 4 is 5.97 Å². The first kappa shape index (κ1) is 16.4. The number of hydrogen-bond donors (Lipinski definition) is 1. The van der Waals surface area contributed by atoms with Gasteiger partial charge in [0.15, 0.2) is 0 Å². The van der Waals surface area contributed by atoms with E-state index in [-0.39, 0.29) is 18.7 Å². The van der Waals surface area contributed by atoms with Crippen molar-refractivity contribution in [3.8, 4) is 0 Å². The number of hydrogen-bond acceptors (Lipinski definition) is 3. The molecule has 0 aromatic rings. The number of unbranched alkanes of at least 4 members (excludes halogenated alkanes) is 6. The SMILES string of the molecule is CCCCCCCCCC(=O)OC(C)CCO. The van der Waals surface area contributed by atoms with Gasteiger partial charge in [0.2, 0.25) is 0 Å². The average molecular weight is 244 g/mol. The topological polar surface area (TPSA) is 46.5 Å². The molecule has 0 saturated heterocycles. The van der Waals surface area contributed by atoms with E-state index in [1.807, 2.05) is 6.92 Å². The first-order valence-corrected chi connectivity index (χ1v) is 7.01. The molecule has 0 radical (unpaired) electrons. The van der Waals surface area contributed by atoms with Gasteiger partial charge in [-0.05, 0) is 13.3 Å². The summed E-state index contributed by atoms with van der Waals surface area (Å²) in [7, 11) is 0. The van der Waals surface area contributed by atoms with Crippen LogP contribution in [0.3, 0.4) is 0 Å². The lowest BCUT2D eigenvalue weighted by Gasteiger charge is -2.11. The summed E-state index contributed by atoms with van der Waals surface area (Å²) in [6.07, 6.45) is 9.35. The standard InChI is InChI=1S/C14H28O3/c1-3-4-5-6-7-8-9-10-14(16)17-13(2)11-12-15/h13,15H,3-12H2,1-2H3. The highest BCUT2D eigenvalue weighted by Crippen LogP contribution is 2.09. The normalized spacial score (nSPS) is 12.4. The molecule has 0 spiro atoms. The fourth-order valence-corrected chi connectivity index (χ4v) is 1.75. The summed E-state index contributed by atoms with van der Waals surface area (Å²) in [5.41, 5.74) is 0. The van der Waals surface area contributed by atoms with E-state index in [1.54, 1.807) is 0 Å². The highest BCUT2D eigenvalue weighted by atomic mass is 16.5. The lowest BCUT2D eigenvalue weighted by atomic mass is 10.1. The van der Waals surface area contributed by atoms with Crippen LogP contribution in [-0.4, -0.2) is 23.8 Å². The monoisotopic (exact) mass is 244 g/mol. The third kappa shape index (κ3) is 11.7. The van der Waals surface area contributed by atoms with Gasteiger partial charge >= 0.3 is 5.97 Å². The second-order valence-corrected chi connectivity index (χ2v) is 4.68. The van der Waals surface area contributed by atoms with Crippen LogP contribution in [0.25, 0.3) is 0 Å². The largest absolute Gasteiger partial charge is 0.463 e. The summed E-state index contributed by atoms with van der Waals surface area (Å²) in [5, 5.41) is 8.68. The minimum atomic E-state index is -0.156. The molecule has 1 atom stereocenters. The Balaban J connectivity index is 3.27. The highest BCUT2D eigenvalue weighted by Gasteiger charge is 2.08. The molecule has 0 bridgehead atoms. The highest BCUT2D eigenvalue weighted by molar-refractivity contribution is 5.69. The van der Waals surface area contributed by atoms with Gasteiger partial charge < -0.3 is 9.84 Å². The maximum absolute atomic E-state index is 11.4. The van der Waals surface area contributed by atoms with E-state index in [1.165, 1.54) is 32.1 Å². The maximum Gasteiger partial charge on any atom is 0.306 e. The molecule has 0 fully saturated rings. The van der Waals surface area contributed by atoms with Crippen LogP contribution in [0.15, 0.2) is 0 Å². The van der Waals surface area contributed by atoms with Crippen LogP contribution in [0.5, 0.6) is 0 Å². The van der Waals surface area contributed by atoms with Crippen molar-refractivity contribution in [2.45, 2.75) is 77.7 Å². The van der Waals surface area contributed by atoms with Crippen molar-refractivity contribution in [2.75, 3.05) is 6.61 Å². The van der Waals surface area contributed by atoms with Crippen LogP contribution in [0, 0.1) is 0 Å². The molecule has 0 aliphatic heterocycles. The van der Waals surface area contributed by atoms with Gasteiger partial charge in [-0.3, -0.25) is 4.79 Å². The predicted molar refractivity (Wildman–Crippen MR) is 69.9 cm³/mol. The van der Waals surface area contributed by atoms with E-state index >= 15 is 0 Å². The van der Waals surface area contributed by atoms with Gasteiger partial charge in [0.1, 0.15) is 6.10 Å². The zero-order valence-electron chi connectivity index (χ0n) is 11.4. The van der Waals surface area contributed by atoms with E-state index < -0.39 is 0 Å². The Morgan fingerprint density at radius 2 is 1.71 bits per heavy atom. The number of rotatable bonds is 11. The summed E-state index contributed by atoms with van der Waals surface area (Å²) in [6, 6.07) is 0. The third-order valence-corrected chi connectivity index (χ3v) is 2.85. The summed E-state index contributed by atoms with van der Waals surface area (Å²) in [4.78, 5) is 11.4. The van der Waals surface area contributed by atoms with E-state index in [9.17, 15) is 4.79 Å². The molecule has 102 valence electrons. The van der Waals surface area contributed by atoms with Crippen molar-refractivity contribution in [3.63, 3.8) is 0 Å². The number of esters is 1. The van der Waals surface area contributed by atoms with Crippen LogP contribution in [0.1, 0.15) is 71.6 Å². The van der Waals surface area contributed by atoms with E-state index in [0.717, 1.165) is 12.8 Å². The Morgan fingerprint density at radius 3 is 2.29 bits per heavy atom. The van der Waals surface area contributed by atoms with E-state index in [4.69, 9.17) is 9.84 Å². The van der Waals surface area contributed by atoms with Gasteiger partial charge in [0.25, 0.3) is 0 Å². The molecule has 1 unspecified atom stereocenters. The number of carbonyl (C=O) groups is 1. The van der Waals surface area contributed by atoms with Gasteiger partial charge in [-0.2, -0.15) is 0 Å². The van der Waals surface area contributed by atoms with Crippen LogP contribution in [0.2, 0.25) is 0 Å². The predicted octanol–water partition coefficient (Wildman–Crippen LogP) is 3.44. The summed E-state index contributed by atoms with van der Waals surface area (Å²) < 4.78 is 5.14. The molecule has 0 aromatic heterocycles. The Labute approximate surface area is 106 Å². The average Bonchev–Trinajstić information content (AvgIpc) is 2.28. The van der Waals surface area contributed by atoms with E-state index in [2.05, 4.69) is 6.92 Å². The lowest BCUT2D eigenvalue weighted by molar-refractivity contribution is -0.148. The molecule has 0 aliphatic rings. The van der Waals surface area contributed by atoms with Crippen LogP contribution >= 0.6 is 0 Å². The smallest absolute Gasteiger partial charge is 0.306 e. The molecular weight excluding hydrogens is 216 g/mol. The van der Waals surface area contributed by atoms with Crippen molar-refractivity contribution in [2.24, 2.45) is 0 Å². The van der Waals surface area contributed by atoms with Crippen molar-refractivity contribution < 1.29 is 14.6 Å². The minimum Gasteiger partial charge on any atom is -0.463 e. The number of ether oxygens (including phenoxy) is 1. The number of carbonyl (C=O) groups excluding carboxylic acids is 1. The van der Waals surface area contributed by atoms with Gasteiger partial charge in [0.05, 0.1) is 0 Å². The first-order valence-electron chi connectivity index (χ1n) is 7.01. The van der Waals surface area contributed by atoms with Gasteiger partial charge in [-0.25, -0.2) is 0 Å². The van der Waals surface area contributed by atoms with Crippen molar-refractivity contribution in [1.82, 2.24) is 0 Å². The third-order valence-electron chi connectivity index (χ3n) is 2.85.